The maximum absolute atomic E-state index is 12.4. The lowest BCUT2D eigenvalue weighted by Crippen LogP contribution is -2.39. The van der Waals surface area contributed by atoms with E-state index in [1.54, 1.807) is 0 Å². The fourth-order valence-electron chi connectivity index (χ4n) is 2.37. The van der Waals surface area contributed by atoms with Crippen LogP contribution in [0.25, 0.3) is 0 Å². The zero-order valence-corrected chi connectivity index (χ0v) is 13.0. The summed E-state index contributed by atoms with van der Waals surface area (Å²) in [6.45, 7) is 6.23. The maximum atomic E-state index is 12.4. The summed E-state index contributed by atoms with van der Waals surface area (Å²) in [6, 6.07) is 5.94. The summed E-state index contributed by atoms with van der Waals surface area (Å²) in [5, 5.41) is 3.10. The summed E-state index contributed by atoms with van der Waals surface area (Å²) in [4.78, 5) is 12.4. The third kappa shape index (κ3) is 4.74. The molecule has 0 unspecified atom stereocenters. The van der Waals surface area contributed by atoms with Crippen LogP contribution in [0.2, 0.25) is 0 Å². The number of hydrogen-bond donors (Lipinski definition) is 1. The van der Waals surface area contributed by atoms with Crippen LogP contribution < -0.4 is 10.1 Å². The lowest BCUT2D eigenvalue weighted by atomic mass is 10.1. The van der Waals surface area contributed by atoms with Crippen molar-refractivity contribution in [1.82, 2.24) is 5.32 Å². The van der Waals surface area contributed by atoms with Gasteiger partial charge in [-0.1, -0.05) is 19.4 Å². The molecule has 1 aliphatic heterocycles. The average Bonchev–Trinajstić information content (AvgIpc) is 2.50. The van der Waals surface area contributed by atoms with Crippen LogP contribution >= 0.6 is 0 Å². The Bertz CT molecular complexity index is 467. The molecule has 2 rings (SSSR count). The number of hydrogen-bond acceptors (Lipinski definition) is 3. The van der Waals surface area contributed by atoms with E-state index in [2.05, 4.69) is 12.2 Å². The molecule has 0 spiro atoms. The van der Waals surface area contributed by atoms with Gasteiger partial charge >= 0.3 is 0 Å². The summed E-state index contributed by atoms with van der Waals surface area (Å²) in [5.41, 5.74) is 1.68. The summed E-state index contributed by atoms with van der Waals surface area (Å²) < 4.78 is 11.0. The minimum absolute atomic E-state index is 0.0136. The third-order valence-corrected chi connectivity index (χ3v) is 3.78. The molecule has 0 atom stereocenters. The Morgan fingerprint density at radius 2 is 2.14 bits per heavy atom. The number of carbonyl (C=O) groups is 1. The first-order valence-electron chi connectivity index (χ1n) is 7.82. The highest BCUT2D eigenvalue weighted by Crippen LogP contribution is 2.18. The molecule has 4 nitrogen and oxygen atoms in total. The maximum Gasteiger partial charge on any atom is 0.251 e. The van der Waals surface area contributed by atoms with Gasteiger partial charge in [0.25, 0.3) is 5.91 Å². The molecule has 1 aliphatic rings. The van der Waals surface area contributed by atoms with Crippen LogP contribution in [-0.4, -0.2) is 31.8 Å². The fourth-order valence-corrected chi connectivity index (χ4v) is 2.37. The van der Waals surface area contributed by atoms with E-state index in [-0.39, 0.29) is 11.9 Å². The van der Waals surface area contributed by atoms with Crippen molar-refractivity contribution in [1.29, 1.82) is 0 Å². The SMILES string of the molecule is CCCCOc1ccc(C)c(C(=O)NC2CCOCC2)c1. The summed E-state index contributed by atoms with van der Waals surface area (Å²) in [6.07, 6.45) is 3.90. The molecule has 0 radical (unpaired) electrons. The molecular weight excluding hydrogens is 266 g/mol. The van der Waals surface area contributed by atoms with E-state index in [1.165, 1.54) is 0 Å². The van der Waals surface area contributed by atoms with Crippen LogP contribution in [0.3, 0.4) is 0 Å². The van der Waals surface area contributed by atoms with Crippen molar-refractivity contribution in [2.45, 2.75) is 45.6 Å². The number of benzene rings is 1. The lowest BCUT2D eigenvalue weighted by molar-refractivity contribution is 0.0696. The molecule has 1 saturated heterocycles. The number of aryl methyl sites for hydroxylation is 1. The van der Waals surface area contributed by atoms with Crippen molar-refractivity contribution >= 4 is 5.91 Å². The molecule has 1 N–H and O–H groups in total. The zero-order chi connectivity index (χ0) is 15.1. The smallest absolute Gasteiger partial charge is 0.251 e. The van der Waals surface area contributed by atoms with Crippen molar-refractivity contribution in [2.24, 2.45) is 0 Å². The number of amides is 1. The Kier molecular flexibility index (Phi) is 6.05. The summed E-state index contributed by atoms with van der Waals surface area (Å²) in [7, 11) is 0. The van der Waals surface area contributed by atoms with Crippen LogP contribution in [0.1, 0.15) is 48.5 Å². The standard InChI is InChI=1S/C17H25NO3/c1-3-4-9-21-15-6-5-13(2)16(12-15)17(19)18-14-7-10-20-11-8-14/h5-6,12,14H,3-4,7-11H2,1-2H3,(H,18,19). The van der Waals surface area contributed by atoms with Gasteiger partial charge in [0.2, 0.25) is 0 Å². The number of carbonyl (C=O) groups excluding carboxylic acids is 1. The normalized spacial score (nSPS) is 15.7. The van der Waals surface area contributed by atoms with Crippen LogP contribution in [0.4, 0.5) is 0 Å². The average molecular weight is 291 g/mol. The molecule has 4 heteroatoms. The highest BCUT2D eigenvalue weighted by molar-refractivity contribution is 5.96. The van der Waals surface area contributed by atoms with Gasteiger partial charge in [0.05, 0.1) is 6.61 Å². The topological polar surface area (TPSA) is 47.6 Å². The number of ether oxygens (including phenoxy) is 2. The molecule has 116 valence electrons. The van der Waals surface area contributed by atoms with Gasteiger partial charge in [-0.05, 0) is 43.9 Å². The monoisotopic (exact) mass is 291 g/mol. The first-order valence-corrected chi connectivity index (χ1v) is 7.82. The molecule has 1 aromatic carbocycles. The highest BCUT2D eigenvalue weighted by atomic mass is 16.5. The molecule has 1 heterocycles. The Balaban J connectivity index is 1.99. The Hall–Kier alpha value is -1.55. The summed E-state index contributed by atoms with van der Waals surface area (Å²) >= 11 is 0. The summed E-state index contributed by atoms with van der Waals surface area (Å²) in [5.74, 6) is 0.756. The molecule has 21 heavy (non-hydrogen) atoms. The van der Waals surface area contributed by atoms with Gasteiger partial charge < -0.3 is 14.8 Å². The second kappa shape index (κ2) is 8.03. The molecule has 0 aliphatic carbocycles. The van der Waals surface area contributed by atoms with Crippen LogP contribution in [0.5, 0.6) is 5.75 Å². The van der Waals surface area contributed by atoms with Gasteiger partial charge in [-0.25, -0.2) is 0 Å². The van der Waals surface area contributed by atoms with E-state index >= 15 is 0 Å². The van der Waals surface area contributed by atoms with Gasteiger partial charge in [-0.3, -0.25) is 4.79 Å². The largest absolute Gasteiger partial charge is 0.494 e. The van der Waals surface area contributed by atoms with E-state index in [1.807, 2.05) is 25.1 Å². The quantitative estimate of drug-likeness (QED) is 0.819. The van der Waals surface area contributed by atoms with Gasteiger partial charge in [-0.15, -0.1) is 0 Å². The van der Waals surface area contributed by atoms with E-state index in [0.29, 0.717) is 12.2 Å². The number of unbranched alkanes of at least 4 members (excludes halogenated alkanes) is 1. The second-order valence-corrected chi connectivity index (χ2v) is 5.54. The Labute approximate surface area is 126 Å². The molecule has 0 saturated carbocycles. The second-order valence-electron chi connectivity index (χ2n) is 5.54. The van der Waals surface area contributed by atoms with Gasteiger partial charge in [0.1, 0.15) is 5.75 Å². The predicted molar refractivity (Wildman–Crippen MR) is 82.9 cm³/mol. The van der Waals surface area contributed by atoms with Crippen molar-refractivity contribution in [3.63, 3.8) is 0 Å². The van der Waals surface area contributed by atoms with Crippen LogP contribution in [-0.2, 0) is 4.74 Å². The number of nitrogens with one attached hydrogen (secondary N) is 1. The molecule has 1 aromatic rings. The van der Waals surface area contributed by atoms with E-state index in [4.69, 9.17) is 9.47 Å². The van der Waals surface area contributed by atoms with E-state index in [9.17, 15) is 4.79 Å². The van der Waals surface area contributed by atoms with Crippen molar-refractivity contribution < 1.29 is 14.3 Å². The molecule has 0 aromatic heterocycles. The minimum Gasteiger partial charge on any atom is -0.494 e. The lowest BCUT2D eigenvalue weighted by Gasteiger charge is -2.23. The number of rotatable bonds is 6. The molecular formula is C17H25NO3. The van der Waals surface area contributed by atoms with Crippen LogP contribution in [0, 0.1) is 6.92 Å². The first-order chi connectivity index (χ1) is 10.2. The van der Waals surface area contributed by atoms with Crippen LogP contribution in [0.15, 0.2) is 18.2 Å². The fraction of sp³-hybridized carbons (Fsp3) is 0.588. The van der Waals surface area contributed by atoms with E-state index in [0.717, 1.165) is 50.2 Å². The van der Waals surface area contributed by atoms with Gasteiger partial charge in [0.15, 0.2) is 0 Å². The molecule has 1 fully saturated rings. The van der Waals surface area contributed by atoms with Gasteiger partial charge in [0, 0.05) is 24.8 Å². The minimum atomic E-state index is -0.0136. The van der Waals surface area contributed by atoms with Gasteiger partial charge in [-0.2, -0.15) is 0 Å². The zero-order valence-electron chi connectivity index (χ0n) is 13.0. The van der Waals surface area contributed by atoms with Crippen molar-refractivity contribution in [3.05, 3.63) is 29.3 Å². The first kappa shape index (κ1) is 15.8. The Morgan fingerprint density at radius 1 is 1.38 bits per heavy atom. The molecule has 0 bridgehead atoms. The van der Waals surface area contributed by atoms with Crippen molar-refractivity contribution in [2.75, 3.05) is 19.8 Å². The van der Waals surface area contributed by atoms with E-state index < -0.39 is 0 Å². The van der Waals surface area contributed by atoms with Crippen molar-refractivity contribution in [3.8, 4) is 5.75 Å². The third-order valence-electron chi connectivity index (χ3n) is 3.78. The highest BCUT2D eigenvalue weighted by Gasteiger charge is 2.18. The Morgan fingerprint density at radius 3 is 2.86 bits per heavy atom. The molecule has 1 amide bonds. The predicted octanol–water partition coefficient (Wildman–Crippen LogP) is 3.08.